The maximum Gasteiger partial charge on any atom is 0.222 e. The number of rotatable bonds is 6. The van der Waals surface area contributed by atoms with Crippen molar-refractivity contribution >= 4 is 5.91 Å². The molecule has 0 aliphatic heterocycles. The highest BCUT2D eigenvalue weighted by Crippen LogP contribution is 1.95. The third kappa shape index (κ3) is 5.51. The van der Waals surface area contributed by atoms with Crippen molar-refractivity contribution in [2.75, 3.05) is 20.2 Å². The lowest BCUT2D eigenvalue weighted by Gasteiger charge is -2.12. The molecular formula is C9H17N3O2. The number of carbonyl (C=O) groups excluding carboxylic acids is 1. The molecule has 14 heavy (non-hydrogen) atoms. The Labute approximate surface area is 84.2 Å². The summed E-state index contributed by atoms with van der Waals surface area (Å²) < 4.78 is 4.95. The molecule has 0 heterocycles. The molecule has 3 N–H and O–H groups in total. The van der Waals surface area contributed by atoms with Gasteiger partial charge in [-0.25, -0.2) is 0 Å². The predicted molar refractivity (Wildman–Crippen MR) is 52.3 cm³/mol. The van der Waals surface area contributed by atoms with E-state index in [9.17, 15) is 4.79 Å². The summed E-state index contributed by atoms with van der Waals surface area (Å²) in [6, 6.07) is 2.03. The van der Waals surface area contributed by atoms with Crippen molar-refractivity contribution < 1.29 is 9.53 Å². The van der Waals surface area contributed by atoms with E-state index in [4.69, 9.17) is 15.7 Å². The molecule has 0 aliphatic carbocycles. The Morgan fingerprint density at radius 2 is 2.36 bits per heavy atom. The van der Waals surface area contributed by atoms with Crippen LogP contribution in [-0.4, -0.2) is 32.2 Å². The number of ether oxygens (including phenoxy) is 1. The van der Waals surface area contributed by atoms with E-state index in [1.807, 2.05) is 6.07 Å². The Morgan fingerprint density at radius 1 is 1.71 bits per heavy atom. The van der Waals surface area contributed by atoms with Crippen molar-refractivity contribution in [2.24, 2.45) is 11.7 Å². The number of hydrogen-bond acceptors (Lipinski definition) is 4. The van der Waals surface area contributed by atoms with Gasteiger partial charge in [-0.05, 0) is 6.92 Å². The van der Waals surface area contributed by atoms with Gasteiger partial charge >= 0.3 is 0 Å². The van der Waals surface area contributed by atoms with Crippen LogP contribution in [-0.2, 0) is 9.53 Å². The molecule has 0 aromatic rings. The van der Waals surface area contributed by atoms with Crippen LogP contribution in [0.4, 0.5) is 0 Å². The molecule has 0 aromatic carbocycles. The molecule has 5 nitrogen and oxygen atoms in total. The van der Waals surface area contributed by atoms with Gasteiger partial charge < -0.3 is 15.8 Å². The van der Waals surface area contributed by atoms with Crippen molar-refractivity contribution in [3.8, 4) is 6.07 Å². The number of carbonyl (C=O) groups is 1. The van der Waals surface area contributed by atoms with Gasteiger partial charge in [0.15, 0.2) is 0 Å². The molecule has 1 amide bonds. The molecule has 80 valence electrons. The zero-order valence-electron chi connectivity index (χ0n) is 8.62. The molecule has 0 aromatic heterocycles. The number of nitriles is 1. The Hall–Kier alpha value is -1.12. The minimum atomic E-state index is -0.243. The van der Waals surface area contributed by atoms with Crippen molar-refractivity contribution in [1.82, 2.24) is 5.32 Å². The first-order valence-corrected chi connectivity index (χ1v) is 4.53. The third-order valence-corrected chi connectivity index (χ3v) is 1.84. The Balaban J connectivity index is 3.70. The van der Waals surface area contributed by atoms with Gasteiger partial charge in [-0.1, -0.05) is 0 Å². The molecule has 0 fully saturated rings. The van der Waals surface area contributed by atoms with Crippen LogP contribution in [0, 0.1) is 17.2 Å². The number of nitrogens with zero attached hydrogens (tertiary/aromatic N) is 1. The number of methoxy groups -OCH3 is 1. The lowest BCUT2D eigenvalue weighted by atomic mass is 10.2. The van der Waals surface area contributed by atoms with Crippen molar-refractivity contribution in [2.45, 2.75) is 19.4 Å². The summed E-state index contributed by atoms with van der Waals surface area (Å²) in [5, 5.41) is 11.1. The molecule has 0 saturated carbocycles. The topological polar surface area (TPSA) is 88.1 Å². The normalized spacial score (nSPS) is 14.1. The molecule has 0 aliphatic rings. The van der Waals surface area contributed by atoms with Gasteiger partial charge in [0.1, 0.15) is 0 Å². The number of nitrogens with two attached hydrogens (primary N) is 1. The first kappa shape index (κ1) is 12.9. The van der Waals surface area contributed by atoms with E-state index in [0.717, 1.165) is 0 Å². The highest BCUT2D eigenvalue weighted by Gasteiger charge is 2.11. The highest BCUT2D eigenvalue weighted by molar-refractivity contribution is 5.76. The van der Waals surface area contributed by atoms with E-state index < -0.39 is 0 Å². The van der Waals surface area contributed by atoms with Crippen LogP contribution in [0.15, 0.2) is 0 Å². The van der Waals surface area contributed by atoms with E-state index in [2.05, 4.69) is 5.32 Å². The largest absolute Gasteiger partial charge is 0.380 e. The smallest absolute Gasteiger partial charge is 0.222 e. The van der Waals surface area contributed by atoms with Gasteiger partial charge in [-0.15, -0.1) is 0 Å². The lowest BCUT2D eigenvalue weighted by molar-refractivity contribution is -0.123. The fourth-order valence-electron chi connectivity index (χ4n) is 0.854. The van der Waals surface area contributed by atoms with E-state index in [1.165, 1.54) is 7.11 Å². The van der Waals surface area contributed by atoms with E-state index in [-0.39, 0.29) is 24.3 Å². The zero-order valence-corrected chi connectivity index (χ0v) is 8.62. The third-order valence-electron chi connectivity index (χ3n) is 1.84. The summed E-state index contributed by atoms with van der Waals surface area (Å²) >= 11 is 0. The van der Waals surface area contributed by atoms with Gasteiger partial charge in [0.05, 0.1) is 24.5 Å². The Bertz CT molecular complexity index is 209. The number of hydrogen-bond donors (Lipinski definition) is 2. The standard InChI is InChI=1S/C9H17N3O2/c1-7(4-10)6-12-9(13)3-8(5-11)14-2/h7-8H,3,5-6,11H2,1-2H3,(H,12,13). The molecule has 0 bridgehead atoms. The average Bonchev–Trinajstić information content (AvgIpc) is 2.22. The number of amides is 1. The first-order chi connectivity index (χ1) is 6.63. The van der Waals surface area contributed by atoms with Gasteiger partial charge in [0.25, 0.3) is 0 Å². The predicted octanol–water partition coefficient (Wildman–Crippen LogP) is -0.374. The zero-order chi connectivity index (χ0) is 11.0. The van der Waals surface area contributed by atoms with Gasteiger partial charge in [0.2, 0.25) is 5.91 Å². The molecule has 0 spiro atoms. The van der Waals surface area contributed by atoms with Gasteiger partial charge in [0, 0.05) is 20.2 Å². The SMILES string of the molecule is COC(CN)CC(=O)NCC(C)C#N. The fraction of sp³-hybridized carbons (Fsp3) is 0.778. The summed E-state index contributed by atoms with van der Waals surface area (Å²) in [6.07, 6.45) is -0.00194. The molecule has 2 unspecified atom stereocenters. The van der Waals surface area contributed by atoms with Crippen LogP contribution in [0.25, 0.3) is 0 Å². The maximum atomic E-state index is 11.2. The average molecular weight is 199 g/mol. The summed E-state index contributed by atoms with van der Waals surface area (Å²) in [7, 11) is 1.52. The first-order valence-electron chi connectivity index (χ1n) is 4.53. The second kappa shape index (κ2) is 7.30. The Morgan fingerprint density at radius 3 is 2.79 bits per heavy atom. The minimum Gasteiger partial charge on any atom is -0.380 e. The molecule has 2 atom stereocenters. The molecule has 0 saturated heterocycles. The monoisotopic (exact) mass is 199 g/mol. The van der Waals surface area contributed by atoms with E-state index in [1.54, 1.807) is 6.92 Å². The second-order valence-electron chi connectivity index (χ2n) is 3.13. The summed E-state index contributed by atoms with van der Waals surface area (Å²) in [4.78, 5) is 11.2. The maximum absolute atomic E-state index is 11.2. The number of nitrogens with one attached hydrogen (secondary N) is 1. The minimum absolute atomic E-state index is 0.135. The van der Waals surface area contributed by atoms with Crippen LogP contribution in [0.3, 0.4) is 0 Å². The van der Waals surface area contributed by atoms with Gasteiger partial charge in [-0.3, -0.25) is 4.79 Å². The quantitative estimate of drug-likeness (QED) is 0.610. The molecular weight excluding hydrogens is 182 g/mol. The highest BCUT2D eigenvalue weighted by atomic mass is 16.5. The van der Waals surface area contributed by atoms with E-state index in [0.29, 0.717) is 13.1 Å². The molecule has 0 radical (unpaired) electrons. The van der Waals surface area contributed by atoms with Crippen LogP contribution in [0.2, 0.25) is 0 Å². The van der Waals surface area contributed by atoms with Crippen molar-refractivity contribution in [1.29, 1.82) is 5.26 Å². The van der Waals surface area contributed by atoms with E-state index >= 15 is 0 Å². The second-order valence-corrected chi connectivity index (χ2v) is 3.13. The van der Waals surface area contributed by atoms with Crippen molar-refractivity contribution in [3.05, 3.63) is 0 Å². The summed E-state index contributed by atoms with van der Waals surface area (Å²) in [5.41, 5.74) is 5.36. The molecule has 0 rings (SSSR count). The summed E-state index contributed by atoms with van der Waals surface area (Å²) in [6.45, 7) is 2.44. The van der Waals surface area contributed by atoms with Crippen molar-refractivity contribution in [3.63, 3.8) is 0 Å². The van der Waals surface area contributed by atoms with Crippen LogP contribution < -0.4 is 11.1 Å². The fourth-order valence-corrected chi connectivity index (χ4v) is 0.854. The summed E-state index contributed by atoms with van der Waals surface area (Å²) in [5.74, 6) is -0.303. The lowest BCUT2D eigenvalue weighted by Crippen LogP contribution is -2.34. The van der Waals surface area contributed by atoms with Crippen LogP contribution in [0.1, 0.15) is 13.3 Å². The van der Waals surface area contributed by atoms with Gasteiger partial charge in [-0.2, -0.15) is 5.26 Å². The molecule has 5 heteroatoms. The van der Waals surface area contributed by atoms with Crippen LogP contribution >= 0.6 is 0 Å². The Kier molecular flexibility index (Phi) is 6.72. The van der Waals surface area contributed by atoms with Crippen LogP contribution in [0.5, 0.6) is 0 Å².